The van der Waals surface area contributed by atoms with Crippen molar-refractivity contribution in [2.75, 3.05) is 15.5 Å². The van der Waals surface area contributed by atoms with Crippen LogP contribution in [0.2, 0.25) is 0 Å². The molecule has 0 fully saturated rings. The van der Waals surface area contributed by atoms with Crippen LogP contribution in [-0.2, 0) is 9.59 Å². The third kappa shape index (κ3) is 3.73. The first kappa shape index (κ1) is 21.2. The molecule has 5 rings (SSSR count). The molecule has 4 aromatic rings. The lowest BCUT2D eigenvalue weighted by Gasteiger charge is -2.23. The van der Waals surface area contributed by atoms with Gasteiger partial charge < -0.3 is 15.7 Å². The van der Waals surface area contributed by atoms with Crippen molar-refractivity contribution >= 4 is 51.2 Å². The largest absolute Gasteiger partial charge is 0.507 e. The van der Waals surface area contributed by atoms with Crippen LogP contribution in [0.15, 0.2) is 78.9 Å². The number of hydrogen-bond acceptors (Lipinski definition) is 4. The SMILES string of the molecule is Cc1cccc(O)c1C(=O)Nc1ccc(N2C(=O)CC(=O)Nc3c2ccc2ccccc32)cc1. The van der Waals surface area contributed by atoms with Crippen LogP contribution in [0.5, 0.6) is 5.75 Å². The van der Waals surface area contributed by atoms with E-state index in [9.17, 15) is 19.5 Å². The normalized spacial score (nSPS) is 13.3. The molecular formula is C27H21N3O4. The number of phenolic OH excluding ortho intramolecular Hbond substituents is 1. The number of nitrogens with one attached hydrogen (secondary N) is 2. The minimum Gasteiger partial charge on any atom is -0.507 e. The number of aromatic hydroxyl groups is 1. The summed E-state index contributed by atoms with van der Waals surface area (Å²) in [6.45, 7) is 1.75. The molecule has 7 heteroatoms. The number of aryl methyl sites for hydroxylation is 1. The number of rotatable bonds is 3. The average molecular weight is 451 g/mol. The van der Waals surface area contributed by atoms with Crippen molar-refractivity contribution in [2.24, 2.45) is 0 Å². The van der Waals surface area contributed by atoms with E-state index < -0.39 is 5.91 Å². The Hall–Kier alpha value is -4.65. The zero-order valence-electron chi connectivity index (χ0n) is 18.3. The van der Waals surface area contributed by atoms with E-state index in [0.717, 1.165) is 10.8 Å². The van der Waals surface area contributed by atoms with Gasteiger partial charge in [0.1, 0.15) is 12.2 Å². The highest BCUT2D eigenvalue weighted by Crippen LogP contribution is 2.40. The Balaban J connectivity index is 1.49. The van der Waals surface area contributed by atoms with E-state index >= 15 is 0 Å². The summed E-state index contributed by atoms with van der Waals surface area (Å²) in [6, 6.07) is 23.0. The molecule has 0 bridgehead atoms. The Bertz CT molecular complexity index is 1440. The molecule has 0 radical (unpaired) electrons. The van der Waals surface area contributed by atoms with Crippen molar-refractivity contribution in [3.05, 3.63) is 90.0 Å². The van der Waals surface area contributed by atoms with Gasteiger partial charge in [0.05, 0.1) is 16.9 Å². The van der Waals surface area contributed by atoms with Gasteiger partial charge in [0.15, 0.2) is 0 Å². The lowest BCUT2D eigenvalue weighted by Crippen LogP contribution is -2.26. The summed E-state index contributed by atoms with van der Waals surface area (Å²) in [5.41, 5.74) is 3.10. The van der Waals surface area contributed by atoms with Crippen LogP contribution in [0, 0.1) is 6.92 Å². The van der Waals surface area contributed by atoms with E-state index in [-0.39, 0.29) is 29.5 Å². The third-order valence-electron chi connectivity index (χ3n) is 5.83. The number of anilines is 4. The fraction of sp³-hybridized carbons (Fsp3) is 0.0741. The maximum atomic E-state index is 13.0. The van der Waals surface area contributed by atoms with Gasteiger partial charge in [-0.2, -0.15) is 0 Å². The quantitative estimate of drug-likeness (QED) is 0.377. The highest BCUT2D eigenvalue weighted by Gasteiger charge is 2.28. The first-order chi connectivity index (χ1) is 16.4. The summed E-state index contributed by atoms with van der Waals surface area (Å²) < 4.78 is 0. The fourth-order valence-corrected chi connectivity index (χ4v) is 4.23. The van der Waals surface area contributed by atoms with Gasteiger partial charge in [0.2, 0.25) is 11.8 Å². The summed E-state index contributed by atoms with van der Waals surface area (Å²) in [7, 11) is 0. The second kappa shape index (κ2) is 8.37. The second-order valence-corrected chi connectivity index (χ2v) is 8.10. The van der Waals surface area contributed by atoms with Gasteiger partial charge in [0, 0.05) is 16.8 Å². The predicted molar refractivity (Wildman–Crippen MR) is 132 cm³/mol. The van der Waals surface area contributed by atoms with Crippen LogP contribution in [0.3, 0.4) is 0 Å². The summed E-state index contributed by atoms with van der Waals surface area (Å²) in [5, 5.41) is 17.5. The molecule has 0 aromatic heterocycles. The molecule has 4 aromatic carbocycles. The Morgan fingerprint density at radius 3 is 2.47 bits per heavy atom. The van der Waals surface area contributed by atoms with Crippen molar-refractivity contribution in [3.8, 4) is 5.75 Å². The van der Waals surface area contributed by atoms with E-state index in [1.165, 1.54) is 11.0 Å². The molecule has 3 amide bonds. The summed E-state index contributed by atoms with van der Waals surface area (Å²) in [5.74, 6) is -1.24. The molecule has 7 nitrogen and oxygen atoms in total. The van der Waals surface area contributed by atoms with Gasteiger partial charge in [0.25, 0.3) is 5.91 Å². The maximum Gasteiger partial charge on any atom is 0.259 e. The number of phenols is 1. The Kier molecular flexibility index (Phi) is 5.22. The van der Waals surface area contributed by atoms with E-state index in [4.69, 9.17) is 0 Å². The first-order valence-electron chi connectivity index (χ1n) is 10.8. The lowest BCUT2D eigenvalue weighted by molar-refractivity contribution is -0.124. The smallest absolute Gasteiger partial charge is 0.259 e. The van der Waals surface area contributed by atoms with E-state index in [1.807, 2.05) is 36.4 Å². The second-order valence-electron chi connectivity index (χ2n) is 8.10. The molecule has 0 atom stereocenters. The molecule has 1 heterocycles. The van der Waals surface area contributed by atoms with Crippen molar-refractivity contribution in [3.63, 3.8) is 0 Å². The average Bonchev–Trinajstić information content (AvgIpc) is 2.94. The number of carbonyl (C=O) groups excluding carboxylic acids is 3. The zero-order valence-corrected chi connectivity index (χ0v) is 18.3. The van der Waals surface area contributed by atoms with Crippen LogP contribution in [-0.4, -0.2) is 22.8 Å². The zero-order chi connectivity index (χ0) is 23.8. The molecule has 0 saturated carbocycles. The molecule has 0 saturated heterocycles. The predicted octanol–water partition coefficient (Wildman–Crippen LogP) is 5.11. The third-order valence-corrected chi connectivity index (χ3v) is 5.83. The van der Waals surface area contributed by atoms with Gasteiger partial charge in [-0.25, -0.2) is 0 Å². The summed E-state index contributed by atoms with van der Waals surface area (Å²) in [4.78, 5) is 39.6. The van der Waals surface area contributed by atoms with Crippen LogP contribution in [0.4, 0.5) is 22.7 Å². The van der Waals surface area contributed by atoms with Gasteiger partial charge >= 0.3 is 0 Å². The molecule has 0 unspecified atom stereocenters. The Morgan fingerprint density at radius 2 is 1.71 bits per heavy atom. The molecule has 0 aliphatic carbocycles. The van der Waals surface area contributed by atoms with E-state index in [2.05, 4.69) is 10.6 Å². The minimum absolute atomic E-state index is 0.0923. The van der Waals surface area contributed by atoms with Crippen molar-refractivity contribution in [2.45, 2.75) is 13.3 Å². The van der Waals surface area contributed by atoms with Crippen LogP contribution < -0.4 is 15.5 Å². The van der Waals surface area contributed by atoms with E-state index in [0.29, 0.717) is 28.3 Å². The Morgan fingerprint density at radius 1 is 0.941 bits per heavy atom. The first-order valence-corrected chi connectivity index (χ1v) is 10.8. The summed E-state index contributed by atoms with van der Waals surface area (Å²) >= 11 is 0. The minimum atomic E-state index is -0.430. The number of fused-ring (bicyclic) bond motifs is 3. The highest BCUT2D eigenvalue weighted by molar-refractivity contribution is 6.21. The summed E-state index contributed by atoms with van der Waals surface area (Å²) in [6.07, 6.45) is -0.284. The monoisotopic (exact) mass is 451 g/mol. The van der Waals surface area contributed by atoms with Gasteiger partial charge in [-0.1, -0.05) is 42.5 Å². The number of carbonyl (C=O) groups is 3. The van der Waals surface area contributed by atoms with Crippen molar-refractivity contribution in [1.29, 1.82) is 0 Å². The number of nitrogens with zero attached hydrogens (tertiary/aromatic N) is 1. The van der Waals surface area contributed by atoms with E-state index in [1.54, 1.807) is 43.3 Å². The molecule has 1 aliphatic rings. The number of hydrogen-bond donors (Lipinski definition) is 3. The topological polar surface area (TPSA) is 98.7 Å². The van der Waals surface area contributed by atoms with Gasteiger partial charge in [-0.3, -0.25) is 19.3 Å². The number of amides is 3. The standard InChI is InChI=1S/C27H21N3O4/c1-16-5-4-8-22(31)25(16)27(34)28-18-10-12-19(13-11-18)30-21-14-9-17-6-2-3-7-20(17)26(21)29-23(32)15-24(30)33/h2-14,31H,15H2,1H3,(H,28,34)(H,29,32). The van der Waals surface area contributed by atoms with Crippen LogP contribution in [0.25, 0.3) is 10.8 Å². The van der Waals surface area contributed by atoms with Gasteiger partial charge in [-0.05, 0) is 54.3 Å². The molecule has 34 heavy (non-hydrogen) atoms. The highest BCUT2D eigenvalue weighted by atomic mass is 16.3. The number of benzene rings is 4. The lowest BCUT2D eigenvalue weighted by atomic mass is 10.1. The molecule has 1 aliphatic heterocycles. The Labute approximate surface area is 195 Å². The van der Waals surface area contributed by atoms with Gasteiger partial charge in [-0.15, -0.1) is 0 Å². The molecule has 0 spiro atoms. The molecule has 3 N–H and O–H groups in total. The van der Waals surface area contributed by atoms with Crippen LogP contribution in [0.1, 0.15) is 22.3 Å². The molecular weight excluding hydrogens is 430 g/mol. The molecule has 168 valence electrons. The fourth-order valence-electron chi connectivity index (χ4n) is 4.23. The van der Waals surface area contributed by atoms with Crippen molar-refractivity contribution in [1.82, 2.24) is 0 Å². The van der Waals surface area contributed by atoms with Crippen LogP contribution >= 0.6 is 0 Å². The maximum absolute atomic E-state index is 13.0. The van der Waals surface area contributed by atoms with Crippen molar-refractivity contribution < 1.29 is 19.5 Å².